The first-order valence-electron chi connectivity index (χ1n) is 13.7. The second-order valence-electron chi connectivity index (χ2n) is 10.6. The highest BCUT2D eigenvalue weighted by molar-refractivity contribution is 8.02. The van der Waals surface area contributed by atoms with Crippen molar-refractivity contribution in [2.24, 2.45) is 11.8 Å². The number of anilines is 2. The molecule has 4 aliphatic rings. The smallest absolute Gasteiger partial charge is 0.251 e. The van der Waals surface area contributed by atoms with Crippen LogP contribution in [0.15, 0.2) is 78.9 Å². The van der Waals surface area contributed by atoms with E-state index in [1.165, 1.54) is 0 Å². The van der Waals surface area contributed by atoms with Gasteiger partial charge in [0.1, 0.15) is 11.8 Å². The Labute approximate surface area is 238 Å². The zero-order valence-electron chi connectivity index (χ0n) is 22.6. The molecule has 2 saturated heterocycles. The molecule has 1 unspecified atom stereocenters. The van der Waals surface area contributed by atoms with E-state index < -0.39 is 28.7 Å². The van der Waals surface area contributed by atoms with Crippen LogP contribution in [0.5, 0.6) is 5.75 Å². The third-order valence-corrected chi connectivity index (χ3v) is 10.4. The number of rotatable bonds is 6. The summed E-state index contributed by atoms with van der Waals surface area (Å²) in [5.74, 6) is -1.24. The van der Waals surface area contributed by atoms with E-state index in [1.807, 2.05) is 73.7 Å². The molecule has 9 heteroatoms. The summed E-state index contributed by atoms with van der Waals surface area (Å²) in [4.78, 5) is 48.2. The van der Waals surface area contributed by atoms with Crippen LogP contribution < -0.4 is 14.5 Å². The third-order valence-electron chi connectivity index (χ3n) is 8.62. The van der Waals surface area contributed by atoms with Crippen LogP contribution in [0.25, 0.3) is 0 Å². The molecule has 2 fully saturated rings. The van der Waals surface area contributed by atoms with E-state index in [-0.39, 0.29) is 29.6 Å². The molecule has 6 rings (SSSR count). The average Bonchev–Trinajstić information content (AvgIpc) is 3.30. The molecule has 4 aliphatic heterocycles. The van der Waals surface area contributed by atoms with Crippen molar-refractivity contribution in [2.45, 2.75) is 35.4 Å². The summed E-state index contributed by atoms with van der Waals surface area (Å²) in [6, 6.07) is 15.4. The molecule has 0 bridgehead atoms. The van der Waals surface area contributed by atoms with Gasteiger partial charge in [-0.2, -0.15) is 0 Å². The number of likely N-dealkylation sites (tertiary alicyclic amines) is 1. The van der Waals surface area contributed by atoms with Crippen LogP contribution in [0.4, 0.5) is 11.4 Å². The van der Waals surface area contributed by atoms with Gasteiger partial charge in [0.2, 0.25) is 11.8 Å². The largest absolute Gasteiger partial charge is 0.497 e. The van der Waals surface area contributed by atoms with E-state index in [4.69, 9.17) is 4.74 Å². The SMILES string of the molecule is CC[C@@H](CO)N1C(=O)[C@@H]2[C@H]3C(=O)N(c4ccccc4)CC=C[C@H]3S[C@@]23C=CCN(c2ccc(OC)cc2)C(=O)C13. The number of carbonyl (C=O) groups is 3. The highest BCUT2D eigenvalue weighted by Gasteiger charge is 2.71. The fourth-order valence-corrected chi connectivity index (χ4v) is 8.71. The molecule has 4 heterocycles. The highest BCUT2D eigenvalue weighted by Crippen LogP contribution is 2.61. The number of ether oxygens (including phenoxy) is 1. The van der Waals surface area contributed by atoms with Gasteiger partial charge in [0.15, 0.2) is 0 Å². The van der Waals surface area contributed by atoms with E-state index >= 15 is 0 Å². The van der Waals surface area contributed by atoms with E-state index in [1.54, 1.807) is 45.7 Å². The van der Waals surface area contributed by atoms with Crippen LogP contribution in [0.1, 0.15) is 13.3 Å². The van der Waals surface area contributed by atoms with Crippen LogP contribution in [0.2, 0.25) is 0 Å². The third kappa shape index (κ3) is 3.97. The number of benzene rings is 2. The number of fused-ring (bicyclic) bond motifs is 2. The Morgan fingerprint density at radius 2 is 1.62 bits per heavy atom. The molecule has 8 nitrogen and oxygen atoms in total. The molecule has 40 heavy (non-hydrogen) atoms. The molecule has 0 aromatic heterocycles. The van der Waals surface area contributed by atoms with Gasteiger partial charge < -0.3 is 24.5 Å². The fourth-order valence-electron chi connectivity index (χ4n) is 6.72. The molecular formula is C31H33N3O5S. The van der Waals surface area contributed by atoms with Crippen LogP contribution >= 0.6 is 11.8 Å². The molecule has 2 aromatic carbocycles. The maximum atomic E-state index is 14.5. The standard InChI is InChI=1S/C31H33N3O5S/c1-3-20(19-35)34-27-30(38)33(22-12-14-23(39-2)15-13-22)18-8-16-31(27)26(29(34)37)25-24(40-31)11-7-17-32(28(25)36)21-9-5-4-6-10-21/h4-16,20,24-27,35H,3,17-19H2,1-2H3/t20-,24+,25-,26-,27?,31-/m0/s1. The number of hydrogen-bond donors (Lipinski definition) is 1. The van der Waals surface area contributed by atoms with Gasteiger partial charge in [0, 0.05) is 29.7 Å². The van der Waals surface area contributed by atoms with Gasteiger partial charge in [-0.05, 0) is 42.8 Å². The van der Waals surface area contributed by atoms with Gasteiger partial charge in [-0.1, -0.05) is 49.4 Å². The maximum absolute atomic E-state index is 14.5. The zero-order valence-corrected chi connectivity index (χ0v) is 23.4. The molecule has 208 valence electrons. The van der Waals surface area contributed by atoms with E-state index in [9.17, 15) is 19.5 Å². The Balaban J connectivity index is 1.45. The number of thioether (sulfide) groups is 1. The number of aliphatic hydroxyl groups excluding tert-OH is 1. The van der Waals surface area contributed by atoms with Crippen LogP contribution in [-0.4, -0.2) is 76.6 Å². The Hall–Kier alpha value is -3.56. The Morgan fingerprint density at radius 3 is 2.30 bits per heavy atom. The number of amides is 3. The summed E-state index contributed by atoms with van der Waals surface area (Å²) < 4.78 is 4.36. The number of para-hydroxylation sites is 1. The molecule has 0 aliphatic carbocycles. The van der Waals surface area contributed by atoms with Crippen LogP contribution in [-0.2, 0) is 14.4 Å². The second-order valence-corrected chi connectivity index (χ2v) is 12.1. The molecular weight excluding hydrogens is 526 g/mol. The lowest BCUT2D eigenvalue weighted by atomic mass is 9.78. The quantitative estimate of drug-likeness (QED) is 0.547. The first-order chi connectivity index (χ1) is 19.4. The number of aliphatic hydroxyl groups is 1. The van der Waals surface area contributed by atoms with E-state index in [2.05, 4.69) is 0 Å². The summed E-state index contributed by atoms with van der Waals surface area (Å²) >= 11 is 1.54. The Kier molecular flexibility index (Phi) is 6.96. The van der Waals surface area contributed by atoms with Crippen molar-refractivity contribution < 1.29 is 24.2 Å². The Bertz CT molecular complexity index is 1360. The lowest BCUT2D eigenvalue weighted by Crippen LogP contribution is -2.56. The molecule has 3 amide bonds. The first kappa shape index (κ1) is 26.7. The van der Waals surface area contributed by atoms with Gasteiger partial charge in [-0.25, -0.2) is 0 Å². The van der Waals surface area contributed by atoms with Crippen LogP contribution in [0.3, 0.4) is 0 Å². The molecule has 1 N–H and O–H groups in total. The summed E-state index contributed by atoms with van der Waals surface area (Å²) in [5.41, 5.74) is 1.48. The predicted molar refractivity (Wildman–Crippen MR) is 155 cm³/mol. The van der Waals surface area contributed by atoms with Gasteiger partial charge >= 0.3 is 0 Å². The average molecular weight is 560 g/mol. The minimum Gasteiger partial charge on any atom is -0.497 e. The first-order valence-corrected chi connectivity index (χ1v) is 14.6. The van der Waals surface area contributed by atoms with Gasteiger partial charge in [0.05, 0.1) is 36.3 Å². The normalized spacial score (nSPS) is 30.1. The monoisotopic (exact) mass is 559 g/mol. The Morgan fingerprint density at radius 1 is 0.950 bits per heavy atom. The van der Waals surface area contributed by atoms with Gasteiger partial charge in [-0.15, -0.1) is 11.8 Å². The number of carbonyl (C=O) groups excluding carboxylic acids is 3. The van der Waals surface area contributed by atoms with Crippen LogP contribution in [0, 0.1) is 11.8 Å². The van der Waals surface area contributed by atoms with Crippen molar-refractivity contribution >= 4 is 40.9 Å². The minimum absolute atomic E-state index is 0.112. The molecule has 0 radical (unpaired) electrons. The number of nitrogens with zero attached hydrogens (tertiary/aromatic N) is 3. The van der Waals surface area contributed by atoms with Crippen molar-refractivity contribution in [3.63, 3.8) is 0 Å². The molecule has 1 spiro atoms. The molecule has 6 atom stereocenters. The summed E-state index contributed by atoms with van der Waals surface area (Å²) in [5, 5.41) is 10.1. The number of hydrogen-bond acceptors (Lipinski definition) is 6. The van der Waals surface area contributed by atoms with Gasteiger partial charge in [-0.3, -0.25) is 14.4 Å². The van der Waals surface area contributed by atoms with Crippen molar-refractivity contribution in [1.29, 1.82) is 0 Å². The summed E-state index contributed by atoms with van der Waals surface area (Å²) in [6.45, 7) is 2.40. The molecule has 0 saturated carbocycles. The summed E-state index contributed by atoms with van der Waals surface area (Å²) in [7, 11) is 1.59. The van der Waals surface area contributed by atoms with Gasteiger partial charge in [0.25, 0.3) is 5.91 Å². The lowest BCUT2D eigenvalue weighted by molar-refractivity contribution is -0.141. The van der Waals surface area contributed by atoms with Crippen molar-refractivity contribution in [3.8, 4) is 5.75 Å². The topological polar surface area (TPSA) is 90.4 Å². The van der Waals surface area contributed by atoms with Crippen molar-refractivity contribution in [1.82, 2.24) is 4.90 Å². The zero-order chi connectivity index (χ0) is 28.0. The summed E-state index contributed by atoms with van der Waals surface area (Å²) in [6.07, 6.45) is 8.47. The predicted octanol–water partition coefficient (Wildman–Crippen LogP) is 3.27. The van der Waals surface area contributed by atoms with E-state index in [0.717, 1.165) is 5.69 Å². The van der Waals surface area contributed by atoms with E-state index in [0.29, 0.717) is 30.9 Å². The highest BCUT2D eigenvalue weighted by atomic mass is 32.2. The maximum Gasteiger partial charge on any atom is 0.251 e. The van der Waals surface area contributed by atoms with Crippen molar-refractivity contribution in [2.75, 3.05) is 36.6 Å². The minimum atomic E-state index is -0.937. The second kappa shape index (κ2) is 10.4. The van der Waals surface area contributed by atoms with Crippen molar-refractivity contribution in [3.05, 3.63) is 78.9 Å². The number of methoxy groups -OCH3 is 1. The fraction of sp³-hybridized carbons (Fsp3) is 0.387. The molecule has 2 aromatic rings. The lowest BCUT2D eigenvalue weighted by Gasteiger charge is -2.38.